The van der Waals surface area contributed by atoms with Crippen LogP contribution in [0.5, 0.6) is 5.75 Å². The molecule has 20 heavy (non-hydrogen) atoms. The molecule has 2 rings (SSSR count). The minimum atomic E-state index is 0.0363. The van der Waals surface area contributed by atoms with E-state index < -0.39 is 0 Å². The van der Waals surface area contributed by atoms with Gasteiger partial charge in [-0.15, -0.1) is 0 Å². The Morgan fingerprint density at radius 1 is 1.35 bits per heavy atom. The van der Waals surface area contributed by atoms with Gasteiger partial charge in [-0.3, -0.25) is 4.79 Å². The van der Waals surface area contributed by atoms with Crippen molar-refractivity contribution in [3.8, 4) is 17.1 Å². The highest BCUT2D eigenvalue weighted by atomic mass is 16.5. The van der Waals surface area contributed by atoms with E-state index in [1.54, 1.807) is 19.1 Å². The maximum absolute atomic E-state index is 11.5. The predicted molar refractivity (Wildman–Crippen MR) is 73.1 cm³/mol. The summed E-state index contributed by atoms with van der Waals surface area (Å²) in [5, 5.41) is 3.92. The van der Waals surface area contributed by atoms with Crippen LogP contribution < -0.4 is 4.74 Å². The van der Waals surface area contributed by atoms with Crippen LogP contribution in [-0.2, 0) is 11.3 Å². The first-order valence-electron chi connectivity index (χ1n) is 6.35. The number of aromatic nitrogens is 2. The van der Waals surface area contributed by atoms with Gasteiger partial charge in [0, 0.05) is 19.0 Å². The lowest BCUT2D eigenvalue weighted by Crippen LogP contribution is -2.25. The number of carbonyl (C=O) groups excluding carboxylic acids is 1. The summed E-state index contributed by atoms with van der Waals surface area (Å²) >= 11 is 0. The average molecular weight is 275 g/mol. The third-order valence-corrected chi connectivity index (χ3v) is 2.92. The van der Waals surface area contributed by atoms with E-state index in [1.807, 2.05) is 31.2 Å². The molecule has 0 aliphatic carbocycles. The van der Waals surface area contributed by atoms with Crippen molar-refractivity contribution in [2.45, 2.75) is 19.9 Å². The van der Waals surface area contributed by atoms with E-state index in [4.69, 9.17) is 9.26 Å². The Hall–Kier alpha value is -2.37. The molecule has 0 radical (unpaired) electrons. The Morgan fingerprint density at radius 3 is 2.65 bits per heavy atom. The zero-order chi connectivity index (χ0) is 14.5. The van der Waals surface area contributed by atoms with E-state index in [0.29, 0.717) is 24.7 Å². The zero-order valence-corrected chi connectivity index (χ0v) is 11.8. The summed E-state index contributed by atoms with van der Waals surface area (Å²) in [6, 6.07) is 7.37. The maximum atomic E-state index is 11.5. The van der Waals surface area contributed by atoms with Gasteiger partial charge in [-0.25, -0.2) is 0 Å². The van der Waals surface area contributed by atoms with Gasteiger partial charge in [-0.05, 0) is 24.3 Å². The van der Waals surface area contributed by atoms with Crippen LogP contribution in [0.25, 0.3) is 11.4 Å². The van der Waals surface area contributed by atoms with Crippen LogP contribution in [0.4, 0.5) is 0 Å². The van der Waals surface area contributed by atoms with Crippen molar-refractivity contribution in [1.82, 2.24) is 15.0 Å². The van der Waals surface area contributed by atoms with E-state index in [-0.39, 0.29) is 5.91 Å². The van der Waals surface area contributed by atoms with Gasteiger partial charge in [0.25, 0.3) is 0 Å². The zero-order valence-electron chi connectivity index (χ0n) is 11.8. The van der Waals surface area contributed by atoms with Gasteiger partial charge in [0.05, 0.1) is 13.7 Å². The van der Waals surface area contributed by atoms with Gasteiger partial charge in [0.1, 0.15) is 5.75 Å². The normalized spacial score (nSPS) is 10.3. The fourth-order valence-corrected chi connectivity index (χ4v) is 1.74. The number of rotatable bonds is 5. The van der Waals surface area contributed by atoms with Crippen LogP contribution in [0.2, 0.25) is 0 Å². The highest BCUT2D eigenvalue weighted by molar-refractivity contribution is 5.75. The highest BCUT2D eigenvalue weighted by Gasteiger charge is 2.13. The van der Waals surface area contributed by atoms with E-state index >= 15 is 0 Å². The molecule has 0 unspecified atom stereocenters. The lowest BCUT2D eigenvalue weighted by atomic mass is 10.2. The summed E-state index contributed by atoms with van der Waals surface area (Å²) in [5.41, 5.74) is 0.838. The molecule has 6 heteroatoms. The Balaban J connectivity index is 2.09. The summed E-state index contributed by atoms with van der Waals surface area (Å²) in [7, 11) is 3.32. The van der Waals surface area contributed by atoms with Crippen molar-refractivity contribution in [3.63, 3.8) is 0 Å². The van der Waals surface area contributed by atoms with Crippen LogP contribution in [-0.4, -0.2) is 35.1 Å². The minimum absolute atomic E-state index is 0.0363. The lowest BCUT2D eigenvalue weighted by Gasteiger charge is -2.12. The molecule has 0 spiro atoms. The van der Waals surface area contributed by atoms with Crippen molar-refractivity contribution < 1.29 is 14.1 Å². The van der Waals surface area contributed by atoms with Crippen LogP contribution in [0.3, 0.4) is 0 Å². The topological polar surface area (TPSA) is 68.5 Å². The van der Waals surface area contributed by atoms with Crippen LogP contribution in [0.1, 0.15) is 19.2 Å². The smallest absolute Gasteiger partial charge is 0.246 e. The number of nitrogens with zero attached hydrogens (tertiary/aromatic N) is 3. The lowest BCUT2D eigenvalue weighted by molar-refractivity contribution is -0.130. The van der Waals surface area contributed by atoms with Gasteiger partial charge in [-0.2, -0.15) is 4.98 Å². The third kappa shape index (κ3) is 3.14. The Morgan fingerprint density at radius 2 is 2.05 bits per heavy atom. The molecule has 0 aliphatic heterocycles. The molecule has 0 fully saturated rings. The highest BCUT2D eigenvalue weighted by Crippen LogP contribution is 2.19. The molecule has 2 aromatic rings. The summed E-state index contributed by atoms with van der Waals surface area (Å²) in [6.45, 7) is 2.13. The van der Waals surface area contributed by atoms with Crippen molar-refractivity contribution in [2.24, 2.45) is 0 Å². The van der Waals surface area contributed by atoms with E-state index in [9.17, 15) is 4.79 Å². The third-order valence-electron chi connectivity index (χ3n) is 2.92. The van der Waals surface area contributed by atoms with E-state index in [1.165, 1.54) is 0 Å². The molecular formula is C14H17N3O3. The van der Waals surface area contributed by atoms with Gasteiger partial charge in [0.15, 0.2) is 0 Å². The monoisotopic (exact) mass is 275 g/mol. The molecule has 0 saturated heterocycles. The predicted octanol–water partition coefficient (Wildman–Crippen LogP) is 2.11. The first kappa shape index (κ1) is 14.0. The summed E-state index contributed by atoms with van der Waals surface area (Å²) in [6.07, 6.45) is 0.454. The van der Waals surface area contributed by atoms with Gasteiger partial charge >= 0.3 is 0 Å². The summed E-state index contributed by atoms with van der Waals surface area (Å²) in [5.74, 6) is 1.72. The number of methoxy groups -OCH3 is 1. The first-order chi connectivity index (χ1) is 9.63. The average Bonchev–Trinajstić information content (AvgIpc) is 2.94. The second-order valence-electron chi connectivity index (χ2n) is 4.34. The molecule has 1 amide bonds. The number of amides is 1. The maximum Gasteiger partial charge on any atom is 0.246 e. The first-order valence-corrected chi connectivity index (χ1v) is 6.35. The number of ether oxygens (including phenoxy) is 1. The van der Waals surface area contributed by atoms with Crippen molar-refractivity contribution in [2.75, 3.05) is 14.2 Å². The van der Waals surface area contributed by atoms with Crippen molar-refractivity contribution in [3.05, 3.63) is 30.2 Å². The quantitative estimate of drug-likeness (QED) is 0.836. The Kier molecular flexibility index (Phi) is 4.34. The van der Waals surface area contributed by atoms with E-state index in [0.717, 1.165) is 11.3 Å². The molecule has 0 bridgehead atoms. The van der Waals surface area contributed by atoms with Crippen molar-refractivity contribution in [1.29, 1.82) is 0 Å². The number of benzene rings is 1. The van der Waals surface area contributed by atoms with Gasteiger partial charge in [0.2, 0.25) is 17.6 Å². The Bertz CT molecular complexity index is 578. The molecule has 1 aromatic heterocycles. The van der Waals surface area contributed by atoms with E-state index in [2.05, 4.69) is 10.1 Å². The molecule has 1 aromatic carbocycles. The molecule has 0 saturated carbocycles. The molecule has 0 N–H and O–H groups in total. The fraction of sp³-hybridized carbons (Fsp3) is 0.357. The van der Waals surface area contributed by atoms with Gasteiger partial charge in [-0.1, -0.05) is 12.1 Å². The van der Waals surface area contributed by atoms with Crippen LogP contribution in [0, 0.1) is 0 Å². The minimum Gasteiger partial charge on any atom is -0.497 e. The molecule has 106 valence electrons. The molecule has 0 atom stereocenters. The number of hydrogen-bond acceptors (Lipinski definition) is 5. The van der Waals surface area contributed by atoms with Crippen LogP contribution in [0.15, 0.2) is 28.8 Å². The standard InChI is InChI=1S/C14H17N3O3/c1-4-13(18)17(2)9-12-15-14(16-20-12)10-5-7-11(19-3)8-6-10/h5-8H,4,9H2,1-3H3. The Labute approximate surface area is 117 Å². The van der Waals surface area contributed by atoms with Crippen molar-refractivity contribution >= 4 is 5.91 Å². The summed E-state index contributed by atoms with van der Waals surface area (Å²) in [4.78, 5) is 17.3. The fourth-order valence-electron chi connectivity index (χ4n) is 1.74. The molecular weight excluding hydrogens is 258 g/mol. The molecule has 1 heterocycles. The largest absolute Gasteiger partial charge is 0.497 e. The second kappa shape index (κ2) is 6.18. The van der Waals surface area contributed by atoms with Gasteiger partial charge < -0.3 is 14.2 Å². The van der Waals surface area contributed by atoms with Crippen LogP contribution >= 0.6 is 0 Å². The SMILES string of the molecule is CCC(=O)N(C)Cc1nc(-c2ccc(OC)cc2)no1. The second-order valence-corrected chi connectivity index (χ2v) is 4.34. The number of carbonyl (C=O) groups is 1. The summed E-state index contributed by atoms with van der Waals surface area (Å²) < 4.78 is 10.2. The molecule has 0 aliphatic rings. The number of hydrogen-bond donors (Lipinski definition) is 0. The molecule has 6 nitrogen and oxygen atoms in total.